The lowest BCUT2D eigenvalue weighted by atomic mass is 10.1. The van der Waals surface area contributed by atoms with Crippen molar-refractivity contribution in [3.8, 4) is 17.1 Å². The molecule has 1 aromatic heterocycles. The molecule has 3 aromatic rings. The van der Waals surface area contributed by atoms with Crippen LogP contribution in [0.25, 0.3) is 17.1 Å². The SMILES string of the molecule is CC(C)CCNC(=O)CSc1nnc(-c2ccc(F)cc2)n1-c1ccc(F)cc1. The molecule has 0 fully saturated rings. The topological polar surface area (TPSA) is 59.8 Å². The molecule has 3 rings (SSSR count). The van der Waals surface area contributed by atoms with E-state index >= 15 is 0 Å². The summed E-state index contributed by atoms with van der Waals surface area (Å²) >= 11 is 1.24. The maximum Gasteiger partial charge on any atom is 0.230 e. The number of amides is 1. The van der Waals surface area contributed by atoms with E-state index in [0.29, 0.717) is 34.7 Å². The third kappa shape index (κ3) is 5.63. The lowest BCUT2D eigenvalue weighted by molar-refractivity contribution is -0.118. The Hall–Kier alpha value is -2.74. The molecule has 1 amide bonds. The molecule has 2 aromatic carbocycles. The maximum absolute atomic E-state index is 13.4. The van der Waals surface area contributed by atoms with Crippen molar-refractivity contribution in [2.45, 2.75) is 25.4 Å². The smallest absolute Gasteiger partial charge is 0.230 e. The number of hydrogen-bond donors (Lipinski definition) is 1. The molecule has 0 saturated heterocycles. The first kappa shape index (κ1) is 21.0. The van der Waals surface area contributed by atoms with Gasteiger partial charge in [0.2, 0.25) is 5.91 Å². The second-order valence-electron chi connectivity index (χ2n) is 6.95. The van der Waals surface area contributed by atoms with Gasteiger partial charge < -0.3 is 5.32 Å². The van der Waals surface area contributed by atoms with E-state index in [0.717, 1.165) is 6.42 Å². The van der Waals surface area contributed by atoms with Crippen LogP contribution in [0.15, 0.2) is 53.7 Å². The van der Waals surface area contributed by atoms with Gasteiger partial charge in [-0.2, -0.15) is 0 Å². The summed E-state index contributed by atoms with van der Waals surface area (Å²) < 4.78 is 28.4. The normalized spacial score (nSPS) is 11.1. The lowest BCUT2D eigenvalue weighted by Crippen LogP contribution is -2.27. The van der Waals surface area contributed by atoms with Crippen LogP contribution in [-0.2, 0) is 4.79 Å². The van der Waals surface area contributed by atoms with Gasteiger partial charge in [0.25, 0.3) is 0 Å². The summed E-state index contributed by atoms with van der Waals surface area (Å²) in [7, 11) is 0. The van der Waals surface area contributed by atoms with Crippen molar-refractivity contribution < 1.29 is 13.6 Å². The zero-order chi connectivity index (χ0) is 20.8. The standard InChI is InChI=1S/C21H22F2N4OS/c1-14(2)11-12-24-19(28)13-29-21-26-25-20(15-3-5-16(22)6-4-15)27(21)18-9-7-17(23)8-10-18/h3-10,14H,11-13H2,1-2H3,(H,24,28). The molecule has 5 nitrogen and oxygen atoms in total. The van der Waals surface area contributed by atoms with Gasteiger partial charge in [-0.15, -0.1) is 10.2 Å². The zero-order valence-electron chi connectivity index (χ0n) is 16.2. The van der Waals surface area contributed by atoms with Gasteiger partial charge in [-0.05, 0) is 60.9 Å². The number of benzene rings is 2. The monoisotopic (exact) mass is 416 g/mol. The molecule has 1 N–H and O–H groups in total. The highest BCUT2D eigenvalue weighted by Gasteiger charge is 2.17. The molecule has 29 heavy (non-hydrogen) atoms. The summed E-state index contributed by atoms with van der Waals surface area (Å²) in [5.74, 6) is 0.383. The molecule has 0 unspecified atom stereocenters. The Morgan fingerprint density at radius 2 is 1.66 bits per heavy atom. The first-order valence-corrected chi connectivity index (χ1v) is 10.3. The highest BCUT2D eigenvalue weighted by molar-refractivity contribution is 7.99. The number of nitrogens with zero attached hydrogens (tertiary/aromatic N) is 3. The summed E-state index contributed by atoms with van der Waals surface area (Å²) in [5.41, 5.74) is 1.31. The van der Waals surface area contributed by atoms with Crippen LogP contribution in [0.5, 0.6) is 0 Å². The van der Waals surface area contributed by atoms with E-state index in [4.69, 9.17) is 0 Å². The molecule has 0 aliphatic carbocycles. The molecule has 0 atom stereocenters. The number of carbonyl (C=O) groups is 1. The zero-order valence-corrected chi connectivity index (χ0v) is 17.0. The quantitative estimate of drug-likeness (QED) is 0.551. The minimum absolute atomic E-state index is 0.0901. The summed E-state index contributed by atoms with van der Waals surface area (Å²) in [5, 5.41) is 11.8. The molecule has 0 saturated carbocycles. The Kier molecular flexibility index (Phi) is 6.98. The first-order chi connectivity index (χ1) is 13.9. The summed E-state index contributed by atoms with van der Waals surface area (Å²) in [6.07, 6.45) is 0.914. The fraction of sp³-hybridized carbons (Fsp3) is 0.286. The van der Waals surface area contributed by atoms with Gasteiger partial charge >= 0.3 is 0 Å². The molecular formula is C21H22F2N4OS. The van der Waals surface area contributed by atoms with Crippen molar-refractivity contribution in [1.82, 2.24) is 20.1 Å². The fourth-order valence-corrected chi connectivity index (χ4v) is 3.44. The van der Waals surface area contributed by atoms with Gasteiger partial charge in [0, 0.05) is 17.8 Å². The van der Waals surface area contributed by atoms with E-state index in [1.807, 2.05) is 0 Å². The van der Waals surface area contributed by atoms with Crippen molar-refractivity contribution in [3.05, 3.63) is 60.2 Å². The first-order valence-electron chi connectivity index (χ1n) is 9.31. The maximum atomic E-state index is 13.4. The van der Waals surface area contributed by atoms with Crippen LogP contribution in [0.4, 0.5) is 8.78 Å². The average molecular weight is 416 g/mol. The number of carbonyl (C=O) groups excluding carboxylic acids is 1. The van der Waals surface area contributed by atoms with Crippen LogP contribution in [0, 0.1) is 17.6 Å². The Morgan fingerprint density at radius 1 is 1.03 bits per heavy atom. The van der Waals surface area contributed by atoms with Gasteiger partial charge in [-0.1, -0.05) is 25.6 Å². The lowest BCUT2D eigenvalue weighted by Gasteiger charge is -2.11. The highest BCUT2D eigenvalue weighted by atomic mass is 32.2. The third-order valence-corrected chi connectivity index (χ3v) is 5.13. The number of rotatable bonds is 8. The molecule has 0 aliphatic rings. The second kappa shape index (κ2) is 9.65. The molecule has 0 spiro atoms. The van der Waals surface area contributed by atoms with E-state index in [1.54, 1.807) is 28.8 Å². The van der Waals surface area contributed by atoms with Gasteiger partial charge in [-0.3, -0.25) is 9.36 Å². The van der Waals surface area contributed by atoms with Crippen molar-refractivity contribution in [2.75, 3.05) is 12.3 Å². The Morgan fingerprint density at radius 3 is 2.28 bits per heavy atom. The highest BCUT2D eigenvalue weighted by Crippen LogP contribution is 2.28. The predicted octanol–water partition coefficient (Wildman–Crippen LogP) is 4.47. The largest absolute Gasteiger partial charge is 0.355 e. The molecule has 1 heterocycles. The second-order valence-corrected chi connectivity index (χ2v) is 7.89. The fourth-order valence-electron chi connectivity index (χ4n) is 2.65. The molecule has 0 aliphatic heterocycles. The number of thioether (sulfide) groups is 1. The summed E-state index contributed by atoms with van der Waals surface area (Å²) in [6.45, 7) is 4.83. The van der Waals surface area contributed by atoms with E-state index < -0.39 is 0 Å². The number of hydrogen-bond acceptors (Lipinski definition) is 4. The van der Waals surface area contributed by atoms with Crippen molar-refractivity contribution >= 4 is 17.7 Å². The van der Waals surface area contributed by atoms with Crippen molar-refractivity contribution in [2.24, 2.45) is 5.92 Å². The van der Waals surface area contributed by atoms with E-state index in [-0.39, 0.29) is 23.3 Å². The third-order valence-electron chi connectivity index (χ3n) is 4.20. The average Bonchev–Trinajstić information content (AvgIpc) is 3.11. The van der Waals surface area contributed by atoms with Crippen LogP contribution >= 0.6 is 11.8 Å². The Balaban J connectivity index is 1.84. The molecule has 152 valence electrons. The summed E-state index contributed by atoms with van der Waals surface area (Å²) in [6, 6.07) is 11.8. The van der Waals surface area contributed by atoms with Crippen LogP contribution < -0.4 is 5.32 Å². The van der Waals surface area contributed by atoms with Crippen LogP contribution in [0.2, 0.25) is 0 Å². The van der Waals surface area contributed by atoms with Gasteiger partial charge in [0.05, 0.1) is 5.75 Å². The van der Waals surface area contributed by atoms with Crippen LogP contribution in [-0.4, -0.2) is 33.0 Å². The minimum Gasteiger partial charge on any atom is -0.355 e. The molecular weight excluding hydrogens is 394 g/mol. The Bertz CT molecular complexity index is 956. The predicted molar refractivity (Wildman–Crippen MR) is 110 cm³/mol. The van der Waals surface area contributed by atoms with Gasteiger partial charge in [0.1, 0.15) is 11.6 Å². The molecule has 8 heteroatoms. The summed E-state index contributed by atoms with van der Waals surface area (Å²) in [4.78, 5) is 12.1. The number of nitrogens with one attached hydrogen (secondary N) is 1. The molecule has 0 radical (unpaired) electrons. The van der Waals surface area contributed by atoms with Crippen molar-refractivity contribution in [3.63, 3.8) is 0 Å². The van der Waals surface area contributed by atoms with Crippen LogP contribution in [0.1, 0.15) is 20.3 Å². The van der Waals surface area contributed by atoms with Crippen molar-refractivity contribution in [1.29, 1.82) is 0 Å². The van der Waals surface area contributed by atoms with E-state index in [2.05, 4.69) is 29.4 Å². The minimum atomic E-state index is -0.358. The van der Waals surface area contributed by atoms with Gasteiger partial charge in [0.15, 0.2) is 11.0 Å². The molecule has 0 bridgehead atoms. The Labute approximate surface area is 172 Å². The van der Waals surface area contributed by atoms with Gasteiger partial charge in [-0.25, -0.2) is 8.78 Å². The number of aromatic nitrogens is 3. The van der Waals surface area contributed by atoms with E-state index in [9.17, 15) is 13.6 Å². The van der Waals surface area contributed by atoms with Crippen LogP contribution in [0.3, 0.4) is 0 Å². The number of halogens is 2. The van der Waals surface area contributed by atoms with E-state index in [1.165, 1.54) is 36.0 Å².